The summed E-state index contributed by atoms with van der Waals surface area (Å²) in [7, 11) is -3.73. The van der Waals surface area contributed by atoms with E-state index in [-0.39, 0.29) is 47.8 Å². The van der Waals surface area contributed by atoms with Gasteiger partial charge in [-0.1, -0.05) is 54.1 Å². The molecule has 1 atom stereocenters. The molecule has 1 N–H and O–H groups in total. The summed E-state index contributed by atoms with van der Waals surface area (Å²) in [6, 6.07) is 20.6. The molecule has 1 unspecified atom stereocenters. The second-order valence-corrected chi connectivity index (χ2v) is 11.5. The van der Waals surface area contributed by atoms with Gasteiger partial charge < -0.3 is 24.4 Å². The maximum absolute atomic E-state index is 13.3. The minimum Gasteiger partial charge on any atom is -0.482 e. The van der Waals surface area contributed by atoms with E-state index in [1.54, 1.807) is 24.3 Å². The molecule has 0 spiro atoms. The number of para-hydroxylation sites is 2. The molecule has 0 bridgehead atoms. The molecule has 10 nitrogen and oxygen atoms in total. The second kappa shape index (κ2) is 12.3. The molecule has 3 aromatic rings. The van der Waals surface area contributed by atoms with Gasteiger partial charge in [0.15, 0.2) is 12.7 Å². The lowest BCUT2D eigenvalue weighted by atomic mass is 10.1. The van der Waals surface area contributed by atoms with Crippen molar-refractivity contribution in [3.05, 3.63) is 83.4 Å². The maximum Gasteiger partial charge on any atom is 0.265 e. The Kier molecular flexibility index (Phi) is 8.55. The monoisotopic (exact) mass is 585 g/mol. The van der Waals surface area contributed by atoms with E-state index < -0.39 is 22.0 Å². The van der Waals surface area contributed by atoms with Gasteiger partial charge in [-0.05, 0) is 35.9 Å². The summed E-state index contributed by atoms with van der Waals surface area (Å²) in [5.41, 5.74) is 1.45. The lowest BCUT2D eigenvalue weighted by Gasteiger charge is -2.34. The van der Waals surface area contributed by atoms with Gasteiger partial charge in [0, 0.05) is 19.6 Å². The van der Waals surface area contributed by atoms with Crippen LogP contribution in [0.2, 0.25) is 5.02 Å². The van der Waals surface area contributed by atoms with Crippen molar-refractivity contribution >= 4 is 39.1 Å². The van der Waals surface area contributed by atoms with Crippen molar-refractivity contribution in [2.75, 3.05) is 44.4 Å². The van der Waals surface area contributed by atoms with Crippen LogP contribution in [0.25, 0.3) is 0 Å². The number of sulfonamides is 1. The first-order valence-electron chi connectivity index (χ1n) is 12.7. The quantitative estimate of drug-likeness (QED) is 0.432. The number of carbonyl (C=O) groups excluding carboxylic acids is 2. The Balaban J connectivity index is 1.25. The molecule has 2 aliphatic rings. The number of amides is 2. The fraction of sp³-hybridized carbons (Fsp3) is 0.286. The summed E-state index contributed by atoms with van der Waals surface area (Å²) in [5, 5.41) is 2.91. The Morgan fingerprint density at radius 2 is 1.73 bits per heavy atom. The molecule has 0 radical (unpaired) electrons. The summed E-state index contributed by atoms with van der Waals surface area (Å²) in [4.78, 5) is 27.7. The fourth-order valence-electron chi connectivity index (χ4n) is 4.42. The van der Waals surface area contributed by atoms with Gasteiger partial charge in [0.2, 0.25) is 10.0 Å². The van der Waals surface area contributed by atoms with Crippen LogP contribution in [0.3, 0.4) is 0 Å². The molecule has 0 aliphatic carbocycles. The van der Waals surface area contributed by atoms with Gasteiger partial charge in [0.05, 0.1) is 35.4 Å². The number of anilines is 1. The summed E-state index contributed by atoms with van der Waals surface area (Å²) >= 11 is 6.34. The number of nitrogens with zero attached hydrogens (tertiary/aromatic N) is 2. The van der Waals surface area contributed by atoms with E-state index in [4.69, 9.17) is 25.8 Å². The van der Waals surface area contributed by atoms with Crippen LogP contribution >= 0.6 is 11.6 Å². The Bertz CT molecular complexity index is 1480. The van der Waals surface area contributed by atoms with Crippen LogP contribution in [0.5, 0.6) is 11.5 Å². The number of benzene rings is 3. The summed E-state index contributed by atoms with van der Waals surface area (Å²) in [6.07, 6.45) is -0.921. The minimum atomic E-state index is -3.73. The second-order valence-electron chi connectivity index (χ2n) is 9.18. The van der Waals surface area contributed by atoms with Crippen molar-refractivity contribution in [1.82, 2.24) is 9.62 Å². The van der Waals surface area contributed by atoms with Crippen molar-refractivity contribution in [2.45, 2.75) is 17.5 Å². The van der Waals surface area contributed by atoms with Crippen LogP contribution < -0.4 is 19.7 Å². The number of hydrogen-bond donors (Lipinski definition) is 1. The highest BCUT2D eigenvalue weighted by Crippen LogP contribution is 2.34. The van der Waals surface area contributed by atoms with E-state index in [1.807, 2.05) is 30.3 Å². The molecule has 5 rings (SSSR count). The third-order valence-electron chi connectivity index (χ3n) is 6.54. The van der Waals surface area contributed by atoms with Gasteiger partial charge in [-0.2, -0.15) is 4.31 Å². The first-order valence-corrected chi connectivity index (χ1v) is 14.5. The predicted octanol–water partition coefficient (Wildman–Crippen LogP) is 2.85. The molecule has 1 saturated heterocycles. The minimum absolute atomic E-state index is 0.00963. The first kappa shape index (κ1) is 27.9. The van der Waals surface area contributed by atoms with Gasteiger partial charge in [-0.15, -0.1) is 0 Å². The zero-order valence-electron chi connectivity index (χ0n) is 21.5. The lowest BCUT2D eigenvalue weighted by Crippen LogP contribution is -2.51. The third-order valence-corrected chi connectivity index (χ3v) is 8.73. The normalized spacial score (nSPS) is 17.4. The molecular formula is C28H28ClN3O7S. The Labute approximate surface area is 237 Å². The number of ether oxygens (including phenoxy) is 3. The third kappa shape index (κ3) is 6.23. The number of morpholine rings is 1. The van der Waals surface area contributed by atoms with Gasteiger partial charge in [-0.25, -0.2) is 8.42 Å². The fourth-order valence-corrected chi connectivity index (χ4v) is 6.15. The van der Waals surface area contributed by atoms with E-state index in [2.05, 4.69) is 5.32 Å². The molecule has 3 aromatic carbocycles. The molecule has 40 heavy (non-hydrogen) atoms. The highest BCUT2D eigenvalue weighted by molar-refractivity contribution is 7.89. The van der Waals surface area contributed by atoms with Crippen molar-refractivity contribution < 1.29 is 32.2 Å². The van der Waals surface area contributed by atoms with Crippen LogP contribution in [0.1, 0.15) is 5.56 Å². The Hall–Kier alpha value is -3.64. The molecule has 2 aliphatic heterocycles. The van der Waals surface area contributed by atoms with Crippen molar-refractivity contribution in [3.8, 4) is 11.5 Å². The molecule has 12 heteroatoms. The number of nitrogens with one attached hydrogen (secondary N) is 1. The van der Waals surface area contributed by atoms with Crippen LogP contribution in [0, 0.1) is 0 Å². The van der Waals surface area contributed by atoms with Gasteiger partial charge >= 0.3 is 0 Å². The number of carbonyl (C=O) groups is 2. The van der Waals surface area contributed by atoms with Crippen molar-refractivity contribution in [3.63, 3.8) is 0 Å². The summed E-state index contributed by atoms with van der Waals surface area (Å²) < 4.78 is 44.0. The zero-order valence-corrected chi connectivity index (χ0v) is 23.1. The Morgan fingerprint density at radius 1 is 1.00 bits per heavy atom. The molecule has 210 valence electrons. The topological polar surface area (TPSA) is 114 Å². The molecule has 2 heterocycles. The van der Waals surface area contributed by atoms with E-state index in [9.17, 15) is 18.0 Å². The Morgan fingerprint density at radius 3 is 2.48 bits per heavy atom. The highest BCUT2D eigenvalue weighted by atomic mass is 35.5. The highest BCUT2D eigenvalue weighted by Gasteiger charge is 2.34. The molecule has 0 saturated carbocycles. The summed E-state index contributed by atoms with van der Waals surface area (Å²) in [6.45, 7) is 1.12. The van der Waals surface area contributed by atoms with E-state index >= 15 is 0 Å². The zero-order chi connectivity index (χ0) is 28.1. The molecule has 0 aromatic heterocycles. The smallest absolute Gasteiger partial charge is 0.265 e. The maximum atomic E-state index is 13.3. The number of halogens is 1. The van der Waals surface area contributed by atoms with E-state index in [1.165, 1.54) is 27.4 Å². The first-order chi connectivity index (χ1) is 19.3. The molecule has 2 amide bonds. The van der Waals surface area contributed by atoms with Crippen molar-refractivity contribution in [1.29, 1.82) is 0 Å². The standard InChI is InChI=1S/C28H28ClN3O7S/c29-22-16-21(40(35,36)31-12-14-37-15-13-31)10-11-24(22)38-19-27(33)32-18-26(39-25-9-5-4-8-23(25)32)28(34)30-17-20-6-2-1-3-7-20/h1-11,16,26H,12-15,17-19H2,(H,30,34). The van der Waals surface area contributed by atoms with Crippen LogP contribution in [0.4, 0.5) is 5.69 Å². The molecular weight excluding hydrogens is 558 g/mol. The molecule has 1 fully saturated rings. The van der Waals surface area contributed by atoms with Gasteiger partial charge in [0.25, 0.3) is 11.8 Å². The SMILES string of the molecule is O=C(NCc1ccccc1)C1CN(C(=O)COc2ccc(S(=O)(=O)N3CCOCC3)cc2Cl)c2ccccc2O1. The lowest BCUT2D eigenvalue weighted by molar-refractivity contribution is -0.128. The van der Waals surface area contributed by atoms with E-state index in [0.717, 1.165) is 5.56 Å². The average Bonchev–Trinajstić information content (AvgIpc) is 2.99. The van der Waals surface area contributed by atoms with Crippen LogP contribution in [-0.2, 0) is 30.9 Å². The number of rotatable bonds is 8. The summed E-state index contributed by atoms with van der Waals surface area (Å²) in [5.74, 6) is -0.206. The van der Waals surface area contributed by atoms with Crippen molar-refractivity contribution in [2.24, 2.45) is 0 Å². The number of fused-ring (bicyclic) bond motifs is 1. The van der Waals surface area contributed by atoms with Crippen LogP contribution in [-0.4, -0.2) is 70.1 Å². The largest absolute Gasteiger partial charge is 0.482 e. The van der Waals surface area contributed by atoms with Gasteiger partial charge in [0.1, 0.15) is 11.5 Å². The van der Waals surface area contributed by atoms with Crippen LogP contribution in [0.15, 0.2) is 77.7 Å². The van der Waals surface area contributed by atoms with E-state index in [0.29, 0.717) is 31.2 Å². The average molecular weight is 586 g/mol. The number of hydrogen-bond acceptors (Lipinski definition) is 7. The predicted molar refractivity (Wildman–Crippen MR) is 148 cm³/mol. The van der Waals surface area contributed by atoms with Gasteiger partial charge in [-0.3, -0.25) is 9.59 Å².